The Labute approximate surface area is 196 Å². The molecule has 0 aromatic carbocycles. The van der Waals surface area contributed by atoms with Crippen LogP contribution in [-0.4, -0.2) is 67.3 Å². The van der Waals surface area contributed by atoms with Crippen LogP contribution in [0.4, 0.5) is 0 Å². The molecule has 2 unspecified atom stereocenters. The van der Waals surface area contributed by atoms with Crippen LogP contribution in [0.5, 0.6) is 5.88 Å². The molecule has 0 spiro atoms. The Hall–Kier alpha value is -3.14. The fourth-order valence-electron chi connectivity index (χ4n) is 5.15. The fraction of sp³-hybridized carbons (Fsp3) is 0.583. The number of nitrogens with zero attached hydrogens (tertiary/aromatic N) is 4. The summed E-state index contributed by atoms with van der Waals surface area (Å²) in [7, 11) is 0. The SMILES string of the molecule is CC1(Cn2c(=O)c(C(=O)NC3CC3)c(O)n3ncc(C=CC(=O)N4C5CCC4COC5)c23)CC1. The molecule has 2 aliphatic heterocycles. The van der Waals surface area contributed by atoms with Crippen LogP contribution in [0.25, 0.3) is 11.7 Å². The van der Waals surface area contributed by atoms with E-state index in [2.05, 4.69) is 17.3 Å². The summed E-state index contributed by atoms with van der Waals surface area (Å²) in [6.07, 6.45) is 10.3. The molecule has 2 saturated carbocycles. The molecule has 34 heavy (non-hydrogen) atoms. The molecule has 4 heterocycles. The van der Waals surface area contributed by atoms with E-state index in [0.29, 0.717) is 31.0 Å². The van der Waals surface area contributed by atoms with Crippen molar-refractivity contribution >= 4 is 23.5 Å². The maximum atomic E-state index is 13.5. The van der Waals surface area contributed by atoms with Gasteiger partial charge in [0.15, 0.2) is 5.56 Å². The summed E-state index contributed by atoms with van der Waals surface area (Å²) in [4.78, 5) is 41.1. The van der Waals surface area contributed by atoms with E-state index >= 15 is 0 Å². The van der Waals surface area contributed by atoms with Crippen molar-refractivity contribution in [3.63, 3.8) is 0 Å². The molecule has 6 rings (SSSR count). The third-order valence-corrected chi connectivity index (χ3v) is 7.59. The average Bonchev–Trinajstić information content (AvgIpc) is 3.70. The predicted molar refractivity (Wildman–Crippen MR) is 122 cm³/mol. The smallest absolute Gasteiger partial charge is 0.270 e. The molecule has 2 saturated heterocycles. The first kappa shape index (κ1) is 21.4. The van der Waals surface area contributed by atoms with Crippen LogP contribution in [0, 0.1) is 5.41 Å². The normalized spacial score (nSPS) is 25.3. The van der Waals surface area contributed by atoms with Crippen LogP contribution >= 0.6 is 0 Å². The van der Waals surface area contributed by atoms with Gasteiger partial charge >= 0.3 is 0 Å². The minimum absolute atomic E-state index is 0.0421. The van der Waals surface area contributed by atoms with Crippen molar-refractivity contribution < 1.29 is 19.4 Å². The molecule has 2 amide bonds. The lowest BCUT2D eigenvalue weighted by Crippen LogP contribution is -2.48. The largest absolute Gasteiger partial charge is 0.492 e. The third-order valence-electron chi connectivity index (χ3n) is 7.59. The number of hydrogen-bond donors (Lipinski definition) is 2. The van der Waals surface area contributed by atoms with Crippen molar-refractivity contribution in [3.8, 4) is 5.88 Å². The van der Waals surface area contributed by atoms with E-state index in [1.807, 2.05) is 4.90 Å². The quantitative estimate of drug-likeness (QED) is 0.619. The highest BCUT2D eigenvalue weighted by molar-refractivity contribution is 5.97. The van der Waals surface area contributed by atoms with Crippen molar-refractivity contribution in [2.45, 2.75) is 70.1 Å². The number of nitrogens with one attached hydrogen (secondary N) is 1. The molecule has 2 bridgehead atoms. The lowest BCUT2D eigenvalue weighted by atomic mass is 10.1. The van der Waals surface area contributed by atoms with E-state index in [1.54, 1.807) is 6.08 Å². The van der Waals surface area contributed by atoms with Crippen LogP contribution in [0.1, 0.15) is 61.4 Å². The van der Waals surface area contributed by atoms with E-state index in [1.165, 1.54) is 21.4 Å². The number of aromatic nitrogens is 3. The molecular formula is C24H29N5O5. The van der Waals surface area contributed by atoms with Crippen LogP contribution < -0.4 is 10.9 Å². The van der Waals surface area contributed by atoms with Gasteiger partial charge < -0.3 is 20.1 Å². The highest BCUT2D eigenvalue weighted by Crippen LogP contribution is 2.46. The second-order valence-electron chi connectivity index (χ2n) is 10.5. The average molecular weight is 468 g/mol. The van der Waals surface area contributed by atoms with Gasteiger partial charge in [-0.05, 0) is 50.0 Å². The highest BCUT2D eigenvalue weighted by Gasteiger charge is 2.41. The number of carbonyl (C=O) groups excluding carboxylic acids is 2. The zero-order valence-electron chi connectivity index (χ0n) is 19.2. The first-order valence-electron chi connectivity index (χ1n) is 12.1. The Morgan fingerprint density at radius 1 is 1.24 bits per heavy atom. The summed E-state index contributed by atoms with van der Waals surface area (Å²) in [5.41, 5.74) is 0.0548. The predicted octanol–water partition coefficient (Wildman–Crippen LogP) is 1.30. The molecular weight excluding hydrogens is 438 g/mol. The topological polar surface area (TPSA) is 118 Å². The van der Waals surface area contributed by atoms with E-state index in [-0.39, 0.29) is 35.0 Å². The summed E-state index contributed by atoms with van der Waals surface area (Å²) in [6.45, 7) is 3.62. The number of aromatic hydroxyl groups is 1. The second kappa shape index (κ2) is 7.69. The lowest BCUT2D eigenvalue weighted by Gasteiger charge is -2.33. The number of rotatable bonds is 6. The maximum Gasteiger partial charge on any atom is 0.270 e. The number of fused-ring (bicyclic) bond motifs is 3. The number of hydrogen-bond acceptors (Lipinski definition) is 6. The monoisotopic (exact) mass is 467 g/mol. The Balaban J connectivity index is 1.39. The van der Waals surface area contributed by atoms with Crippen molar-refractivity contribution in [1.29, 1.82) is 0 Å². The van der Waals surface area contributed by atoms with Gasteiger partial charge in [-0.15, -0.1) is 0 Å². The zero-order valence-corrected chi connectivity index (χ0v) is 19.2. The minimum Gasteiger partial charge on any atom is -0.492 e. The van der Waals surface area contributed by atoms with Crippen molar-refractivity contribution in [2.75, 3.05) is 13.2 Å². The fourth-order valence-corrected chi connectivity index (χ4v) is 5.15. The molecule has 4 fully saturated rings. The van der Waals surface area contributed by atoms with Crippen LogP contribution in [-0.2, 0) is 16.1 Å². The van der Waals surface area contributed by atoms with Gasteiger partial charge in [0.25, 0.3) is 11.5 Å². The third kappa shape index (κ3) is 3.60. The van der Waals surface area contributed by atoms with Gasteiger partial charge in [-0.2, -0.15) is 9.61 Å². The Morgan fingerprint density at radius 2 is 1.94 bits per heavy atom. The Kier molecular flexibility index (Phi) is 4.84. The van der Waals surface area contributed by atoms with Gasteiger partial charge in [0.05, 0.1) is 31.5 Å². The van der Waals surface area contributed by atoms with Crippen molar-refractivity contribution in [2.24, 2.45) is 5.41 Å². The minimum atomic E-state index is -0.577. The number of ether oxygens (including phenoxy) is 1. The van der Waals surface area contributed by atoms with E-state index in [4.69, 9.17) is 4.74 Å². The summed E-state index contributed by atoms with van der Waals surface area (Å²) in [5, 5.41) is 17.9. The summed E-state index contributed by atoms with van der Waals surface area (Å²) >= 11 is 0. The Bertz CT molecular complexity index is 1250. The van der Waals surface area contributed by atoms with Crippen LogP contribution in [0.15, 0.2) is 17.1 Å². The van der Waals surface area contributed by atoms with E-state index < -0.39 is 17.3 Å². The van der Waals surface area contributed by atoms with E-state index in [9.17, 15) is 19.5 Å². The first-order chi connectivity index (χ1) is 16.3. The summed E-state index contributed by atoms with van der Waals surface area (Å²) in [5.74, 6) is -1.15. The van der Waals surface area contributed by atoms with Gasteiger partial charge in [0.1, 0.15) is 5.65 Å². The maximum absolute atomic E-state index is 13.5. The molecule has 2 atom stereocenters. The molecule has 2 aromatic heterocycles. The van der Waals surface area contributed by atoms with E-state index in [0.717, 1.165) is 38.5 Å². The standard InChI is InChI=1S/C24H29N5O5/c1-24(8-9-24)13-27-21-14(2-7-18(30)28-16-5-6-17(28)12-34-11-16)10-25-29(21)23(33)19(22(27)32)20(31)26-15-3-4-15/h2,7,10,15-17,33H,3-6,8-9,11-13H2,1H3,(H,26,31). The first-order valence-corrected chi connectivity index (χ1v) is 12.1. The van der Waals surface area contributed by atoms with Crippen LogP contribution in [0.3, 0.4) is 0 Å². The molecule has 2 aromatic rings. The van der Waals surface area contributed by atoms with Crippen molar-refractivity contribution in [3.05, 3.63) is 33.8 Å². The van der Waals surface area contributed by atoms with Gasteiger partial charge in [-0.25, -0.2) is 0 Å². The molecule has 180 valence electrons. The number of morpholine rings is 1. The number of amides is 2. The van der Waals surface area contributed by atoms with Crippen molar-refractivity contribution in [1.82, 2.24) is 24.4 Å². The molecule has 2 aliphatic carbocycles. The summed E-state index contributed by atoms with van der Waals surface area (Å²) < 4.78 is 8.33. The Morgan fingerprint density at radius 3 is 2.59 bits per heavy atom. The lowest BCUT2D eigenvalue weighted by molar-refractivity contribution is -0.135. The molecule has 2 N–H and O–H groups in total. The highest BCUT2D eigenvalue weighted by atomic mass is 16.5. The molecule has 10 nitrogen and oxygen atoms in total. The van der Waals surface area contributed by atoms with Crippen LogP contribution in [0.2, 0.25) is 0 Å². The molecule has 0 radical (unpaired) electrons. The van der Waals surface area contributed by atoms with Gasteiger partial charge in [-0.3, -0.25) is 19.0 Å². The molecule has 4 aliphatic rings. The summed E-state index contributed by atoms with van der Waals surface area (Å²) in [6, 6.07) is 0.253. The van der Waals surface area contributed by atoms with Gasteiger partial charge in [-0.1, -0.05) is 6.92 Å². The molecule has 10 heteroatoms. The number of carbonyl (C=O) groups is 2. The van der Waals surface area contributed by atoms with Gasteiger partial charge in [0.2, 0.25) is 11.8 Å². The second-order valence-corrected chi connectivity index (χ2v) is 10.5. The van der Waals surface area contributed by atoms with Gasteiger partial charge in [0, 0.05) is 24.2 Å². The zero-order chi connectivity index (χ0) is 23.6.